The van der Waals surface area contributed by atoms with Gasteiger partial charge in [0, 0.05) is 42.7 Å². The van der Waals surface area contributed by atoms with Crippen LogP contribution in [0.2, 0.25) is 5.02 Å². The molecule has 0 saturated carbocycles. The molecule has 0 radical (unpaired) electrons. The van der Waals surface area contributed by atoms with Crippen molar-refractivity contribution in [2.45, 2.75) is 63.7 Å². The van der Waals surface area contributed by atoms with E-state index in [1.54, 1.807) is 47.6 Å². The van der Waals surface area contributed by atoms with Crippen molar-refractivity contribution in [2.24, 2.45) is 0 Å². The molecule has 1 fully saturated rings. The number of carbonyl (C=O) groups excluding carboxylic acids is 1. The quantitative estimate of drug-likeness (QED) is 0.451. The Kier molecular flexibility index (Phi) is 7.28. The minimum absolute atomic E-state index is 0.0150. The summed E-state index contributed by atoms with van der Waals surface area (Å²) in [5.74, 6) is 0. The Labute approximate surface area is 217 Å². The van der Waals surface area contributed by atoms with Gasteiger partial charge in [0.2, 0.25) is 0 Å². The topological polar surface area (TPSA) is 92.1 Å². The molecule has 2 heterocycles. The Morgan fingerprint density at radius 2 is 1.86 bits per heavy atom. The number of furan rings is 1. The summed E-state index contributed by atoms with van der Waals surface area (Å²) in [5, 5.41) is 0.942. The standard InChI is InChI=1S/C26H32ClN3O5S/c1-17-15-30(25(31)35-26(3,4)5)18(2)14-29(17)16-20-13-21(12-19-10-11-34-24(19)20)28-36(32,33)23-9-7-6-8-22(23)27/h6-13,17-18,28H,14-16H2,1-5H3/t17-,18+/m0/s1. The third-order valence-electron chi connectivity index (χ3n) is 6.12. The smallest absolute Gasteiger partial charge is 0.410 e. The Balaban J connectivity index is 1.56. The lowest BCUT2D eigenvalue weighted by Crippen LogP contribution is -2.58. The fourth-order valence-corrected chi connectivity index (χ4v) is 5.98. The summed E-state index contributed by atoms with van der Waals surface area (Å²) in [6.07, 6.45) is 1.28. The summed E-state index contributed by atoms with van der Waals surface area (Å²) in [5.41, 5.74) is 1.41. The van der Waals surface area contributed by atoms with E-state index < -0.39 is 15.6 Å². The Morgan fingerprint density at radius 3 is 2.56 bits per heavy atom. The van der Waals surface area contributed by atoms with Gasteiger partial charge in [-0.2, -0.15) is 0 Å². The number of sulfonamides is 1. The molecule has 2 atom stereocenters. The number of anilines is 1. The van der Waals surface area contributed by atoms with Crippen LogP contribution in [-0.4, -0.2) is 55.1 Å². The lowest BCUT2D eigenvalue weighted by Gasteiger charge is -2.44. The van der Waals surface area contributed by atoms with E-state index in [1.807, 2.05) is 27.7 Å². The molecule has 1 N–H and O–H groups in total. The Morgan fingerprint density at radius 1 is 1.14 bits per heavy atom. The van der Waals surface area contributed by atoms with E-state index in [1.165, 1.54) is 6.07 Å². The van der Waals surface area contributed by atoms with Crippen LogP contribution < -0.4 is 4.72 Å². The number of rotatable bonds is 5. The third-order valence-corrected chi connectivity index (χ3v) is 8.00. The summed E-state index contributed by atoms with van der Waals surface area (Å²) in [7, 11) is -3.88. The maximum atomic E-state index is 13.0. The molecule has 0 aliphatic carbocycles. The average molecular weight is 534 g/mol. The van der Waals surface area contributed by atoms with Gasteiger partial charge >= 0.3 is 6.09 Å². The van der Waals surface area contributed by atoms with E-state index >= 15 is 0 Å². The van der Waals surface area contributed by atoms with Gasteiger partial charge in [-0.3, -0.25) is 9.62 Å². The number of benzene rings is 2. The zero-order chi connectivity index (χ0) is 26.3. The molecule has 4 rings (SSSR count). The molecule has 1 aliphatic heterocycles. The minimum Gasteiger partial charge on any atom is -0.464 e. The largest absolute Gasteiger partial charge is 0.464 e. The highest BCUT2D eigenvalue weighted by Gasteiger charge is 2.34. The van der Waals surface area contributed by atoms with E-state index in [-0.39, 0.29) is 28.1 Å². The number of piperazine rings is 1. The predicted molar refractivity (Wildman–Crippen MR) is 141 cm³/mol. The van der Waals surface area contributed by atoms with Crippen LogP contribution in [0.1, 0.15) is 40.2 Å². The van der Waals surface area contributed by atoms with E-state index in [4.69, 9.17) is 20.8 Å². The van der Waals surface area contributed by atoms with Gasteiger partial charge in [-0.1, -0.05) is 23.7 Å². The van der Waals surface area contributed by atoms with Crippen LogP contribution in [-0.2, 0) is 21.3 Å². The molecule has 0 unspecified atom stereocenters. The van der Waals surface area contributed by atoms with Crippen molar-refractivity contribution in [3.05, 3.63) is 59.3 Å². The molecule has 1 aliphatic rings. The molecule has 36 heavy (non-hydrogen) atoms. The molecule has 8 nitrogen and oxygen atoms in total. The molecular formula is C26H32ClN3O5S. The van der Waals surface area contributed by atoms with Crippen LogP contribution in [0.4, 0.5) is 10.5 Å². The Hall–Kier alpha value is -2.75. The summed E-state index contributed by atoms with van der Waals surface area (Å²) in [6.45, 7) is 11.3. The van der Waals surface area contributed by atoms with Crippen molar-refractivity contribution < 1.29 is 22.4 Å². The van der Waals surface area contributed by atoms with Crippen molar-refractivity contribution in [3.63, 3.8) is 0 Å². The second-order valence-electron chi connectivity index (χ2n) is 10.3. The van der Waals surface area contributed by atoms with Gasteiger partial charge in [-0.25, -0.2) is 13.2 Å². The number of amides is 1. The number of hydrogen-bond donors (Lipinski definition) is 1. The van der Waals surface area contributed by atoms with E-state index in [2.05, 4.69) is 16.5 Å². The minimum atomic E-state index is -3.88. The molecular weight excluding hydrogens is 502 g/mol. The molecule has 1 aromatic heterocycles. The number of carbonyl (C=O) groups is 1. The number of halogens is 1. The van der Waals surface area contributed by atoms with Crippen LogP contribution in [0.5, 0.6) is 0 Å². The molecule has 0 bridgehead atoms. The van der Waals surface area contributed by atoms with E-state index in [9.17, 15) is 13.2 Å². The van der Waals surface area contributed by atoms with Crippen LogP contribution >= 0.6 is 11.6 Å². The Bertz CT molecular complexity index is 1370. The molecule has 2 aromatic carbocycles. The lowest BCUT2D eigenvalue weighted by molar-refractivity contribution is -0.0116. The number of nitrogens with one attached hydrogen (secondary N) is 1. The molecule has 3 aromatic rings. The van der Waals surface area contributed by atoms with Gasteiger partial charge in [0.15, 0.2) is 0 Å². The van der Waals surface area contributed by atoms with Crippen LogP contribution in [0.3, 0.4) is 0 Å². The molecule has 1 saturated heterocycles. The van der Waals surface area contributed by atoms with E-state index in [0.29, 0.717) is 30.9 Å². The van der Waals surface area contributed by atoms with Gasteiger partial charge in [0.05, 0.1) is 17.0 Å². The number of fused-ring (bicyclic) bond motifs is 1. The summed E-state index contributed by atoms with van der Waals surface area (Å²) in [4.78, 5) is 16.7. The molecule has 1 amide bonds. The van der Waals surface area contributed by atoms with Crippen molar-refractivity contribution >= 4 is 44.4 Å². The van der Waals surface area contributed by atoms with Crippen molar-refractivity contribution in [1.29, 1.82) is 0 Å². The summed E-state index contributed by atoms with van der Waals surface area (Å²) >= 11 is 6.13. The zero-order valence-electron chi connectivity index (χ0n) is 21.1. The molecule has 10 heteroatoms. The second kappa shape index (κ2) is 9.95. The maximum absolute atomic E-state index is 13.0. The van der Waals surface area contributed by atoms with Gasteiger partial charge in [0.25, 0.3) is 10.0 Å². The number of nitrogens with zero attached hydrogens (tertiary/aromatic N) is 2. The molecule has 0 spiro atoms. The molecule has 194 valence electrons. The van der Waals surface area contributed by atoms with Crippen LogP contribution in [0.15, 0.2) is 58.0 Å². The van der Waals surface area contributed by atoms with E-state index in [0.717, 1.165) is 10.9 Å². The first-order chi connectivity index (χ1) is 16.8. The first-order valence-electron chi connectivity index (χ1n) is 11.9. The van der Waals surface area contributed by atoms with Crippen molar-refractivity contribution in [3.8, 4) is 0 Å². The normalized spacial score (nSPS) is 19.4. The highest BCUT2D eigenvalue weighted by atomic mass is 35.5. The average Bonchev–Trinajstić information content (AvgIpc) is 3.23. The maximum Gasteiger partial charge on any atom is 0.410 e. The van der Waals surface area contributed by atoms with Crippen LogP contribution in [0.25, 0.3) is 11.0 Å². The number of hydrogen-bond acceptors (Lipinski definition) is 6. The lowest BCUT2D eigenvalue weighted by atomic mass is 10.1. The monoisotopic (exact) mass is 533 g/mol. The summed E-state index contributed by atoms with van der Waals surface area (Å²) < 4.78 is 40.0. The highest BCUT2D eigenvalue weighted by molar-refractivity contribution is 7.92. The highest BCUT2D eigenvalue weighted by Crippen LogP contribution is 2.30. The van der Waals surface area contributed by atoms with Crippen molar-refractivity contribution in [2.75, 3.05) is 17.8 Å². The van der Waals surface area contributed by atoms with Crippen molar-refractivity contribution in [1.82, 2.24) is 9.80 Å². The fraction of sp³-hybridized carbons (Fsp3) is 0.423. The summed E-state index contributed by atoms with van der Waals surface area (Å²) in [6, 6.07) is 11.7. The third kappa shape index (κ3) is 5.79. The van der Waals surface area contributed by atoms with Gasteiger partial charge in [0.1, 0.15) is 16.1 Å². The van der Waals surface area contributed by atoms with Gasteiger partial charge < -0.3 is 14.1 Å². The zero-order valence-corrected chi connectivity index (χ0v) is 22.7. The van der Waals surface area contributed by atoms with Gasteiger partial charge in [-0.15, -0.1) is 0 Å². The fourth-order valence-electron chi connectivity index (χ4n) is 4.42. The first kappa shape index (κ1) is 26.3. The predicted octanol–water partition coefficient (Wildman–Crippen LogP) is 5.72. The van der Waals surface area contributed by atoms with Gasteiger partial charge in [-0.05, 0) is 65.0 Å². The SMILES string of the molecule is C[C@@H]1CN(Cc2cc(NS(=O)(=O)c3ccccc3Cl)cc3ccoc23)[C@@H](C)CN1C(=O)OC(C)(C)C. The number of ether oxygens (including phenoxy) is 1. The first-order valence-corrected chi connectivity index (χ1v) is 13.7. The van der Waals surface area contributed by atoms with Crippen LogP contribution in [0, 0.1) is 0 Å². The second-order valence-corrected chi connectivity index (χ2v) is 12.3.